The van der Waals surface area contributed by atoms with Crippen molar-refractivity contribution in [3.05, 3.63) is 65.7 Å². The Morgan fingerprint density at radius 2 is 1.90 bits per heavy atom. The number of hydrogen-bond donors (Lipinski definition) is 1. The van der Waals surface area contributed by atoms with Crippen molar-refractivity contribution in [3.8, 4) is 5.75 Å². The van der Waals surface area contributed by atoms with E-state index in [1.165, 1.54) is 0 Å². The number of nitrogens with one attached hydrogen (secondary N) is 1. The standard InChI is InChI=1S/C24H30N2O4/c1-29-22-12-6-5-10-20(22)17-26(18-21-11-7-15-30-21)24(28)13-14-25-23(27)16-19-8-3-2-4-9-19/h2-6,8-10,12,21H,7,11,13-18H2,1H3,(H,25,27). The van der Waals surface area contributed by atoms with Crippen LogP contribution in [-0.4, -0.2) is 49.6 Å². The van der Waals surface area contributed by atoms with E-state index in [9.17, 15) is 9.59 Å². The van der Waals surface area contributed by atoms with E-state index in [0.29, 0.717) is 26.1 Å². The van der Waals surface area contributed by atoms with Crippen molar-refractivity contribution in [2.45, 2.75) is 38.3 Å². The molecule has 0 saturated carbocycles. The minimum absolute atomic E-state index is 0.00332. The Balaban J connectivity index is 1.55. The number of para-hydroxylation sites is 1. The van der Waals surface area contributed by atoms with Crippen molar-refractivity contribution in [2.75, 3.05) is 26.8 Å². The number of ether oxygens (including phenoxy) is 2. The molecule has 1 saturated heterocycles. The molecule has 0 aliphatic carbocycles. The molecule has 2 aromatic carbocycles. The van der Waals surface area contributed by atoms with Gasteiger partial charge in [0.1, 0.15) is 5.75 Å². The van der Waals surface area contributed by atoms with E-state index in [-0.39, 0.29) is 24.3 Å². The Morgan fingerprint density at radius 3 is 2.63 bits per heavy atom. The molecule has 1 aliphatic heterocycles. The zero-order valence-corrected chi connectivity index (χ0v) is 17.5. The Labute approximate surface area is 178 Å². The molecule has 2 aromatic rings. The summed E-state index contributed by atoms with van der Waals surface area (Å²) in [6, 6.07) is 17.3. The highest BCUT2D eigenvalue weighted by Crippen LogP contribution is 2.21. The third kappa shape index (κ3) is 6.59. The third-order valence-electron chi connectivity index (χ3n) is 5.22. The third-order valence-corrected chi connectivity index (χ3v) is 5.22. The van der Waals surface area contributed by atoms with E-state index in [1.807, 2.05) is 59.5 Å². The predicted octanol–water partition coefficient (Wildman–Crippen LogP) is 2.95. The van der Waals surface area contributed by atoms with E-state index in [4.69, 9.17) is 9.47 Å². The van der Waals surface area contributed by atoms with Gasteiger partial charge in [-0.05, 0) is 24.5 Å². The van der Waals surface area contributed by atoms with Crippen LogP contribution in [-0.2, 0) is 27.3 Å². The zero-order chi connectivity index (χ0) is 21.2. The predicted molar refractivity (Wildman–Crippen MR) is 115 cm³/mol. The summed E-state index contributed by atoms with van der Waals surface area (Å²) in [6.07, 6.45) is 2.62. The van der Waals surface area contributed by atoms with Crippen LogP contribution in [0.2, 0.25) is 0 Å². The molecular formula is C24H30N2O4. The van der Waals surface area contributed by atoms with Gasteiger partial charge < -0.3 is 19.7 Å². The van der Waals surface area contributed by atoms with Crippen LogP contribution >= 0.6 is 0 Å². The lowest BCUT2D eigenvalue weighted by Crippen LogP contribution is -2.39. The van der Waals surface area contributed by atoms with E-state index in [2.05, 4.69) is 5.32 Å². The molecule has 0 aromatic heterocycles. The molecule has 30 heavy (non-hydrogen) atoms. The zero-order valence-electron chi connectivity index (χ0n) is 17.5. The van der Waals surface area contributed by atoms with Crippen molar-refractivity contribution < 1.29 is 19.1 Å². The molecule has 0 spiro atoms. The molecule has 1 fully saturated rings. The van der Waals surface area contributed by atoms with Gasteiger partial charge in [0, 0.05) is 38.2 Å². The highest BCUT2D eigenvalue weighted by Gasteiger charge is 2.23. The number of hydrogen-bond acceptors (Lipinski definition) is 4. The lowest BCUT2D eigenvalue weighted by Gasteiger charge is -2.26. The molecule has 6 nitrogen and oxygen atoms in total. The molecule has 0 radical (unpaired) electrons. The summed E-state index contributed by atoms with van der Waals surface area (Å²) in [5, 5.41) is 2.85. The summed E-state index contributed by atoms with van der Waals surface area (Å²) in [5.41, 5.74) is 1.91. The SMILES string of the molecule is COc1ccccc1CN(CC1CCCO1)C(=O)CCNC(=O)Cc1ccccc1. The van der Waals surface area contributed by atoms with Crippen molar-refractivity contribution in [3.63, 3.8) is 0 Å². The van der Waals surface area contributed by atoms with E-state index in [1.54, 1.807) is 7.11 Å². The normalized spacial score (nSPS) is 15.6. The first-order valence-corrected chi connectivity index (χ1v) is 10.5. The molecule has 2 amide bonds. The quantitative estimate of drug-likeness (QED) is 0.654. The number of amides is 2. The molecule has 1 heterocycles. The first kappa shape index (κ1) is 21.8. The average molecular weight is 411 g/mol. The summed E-state index contributed by atoms with van der Waals surface area (Å²) in [6.45, 7) is 2.07. The average Bonchev–Trinajstić information content (AvgIpc) is 3.27. The van der Waals surface area contributed by atoms with Gasteiger partial charge in [0.2, 0.25) is 11.8 Å². The van der Waals surface area contributed by atoms with Gasteiger partial charge >= 0.3 is 0 Å². The molecule has 1 aliphatic rings. The van der Waals surface area contributed by atoms with Crippen LogP contribution in [0.1, 0.15) is 30.4 Å². The van der Waals surface area contributed by atoms with E-state index in [0.717, 1.165) is 36.3 Å². The second-order valence-corrected chi connectivity index (χ2v) is 7.48. The number of rotatable bonds is 10. The first-order valence-electron chi connectivity index (χ1n) is 10.5. The van der Waals surface area contributed by atoms with Gasteiger partial charge in [-0.1, -0.05) is 48.5 Å². The maximum Gasteiger partial charge on any atom is 0.224 e. The second-order valence-electron chi connectivity index (χ2n) is 7.48. The number of carbonyl (C=O) groups excluding carboxylic acids is 2. The summed E-state index contributed by atoms with van der Waals surface area (Å²) in [4.78, 5) is 26.9. The van der Waals surface area contributed by atoms with Crippen LogP contribution in [0.5, 0.6) is 5.75 Å². The van der Waals surface area contributed by atoms with Crippen LogP contribution in [0.15, 0.2) is 54.6 Å². The Kier molecular flexibility index (Phi) is 8.27. The maximum atomic E-state index is 13.0. The molecule has 0 bridgehead atoms. The molecular weight excluding hydrogens is 380 g/mol. The van der Waals surface area contributed by atoms with Crippen LogP contribution in [0.25, 0.3) is 0 Å². The second kappa shape index (κ2) is 11.4. The first-order chi connectivity index (χ1) is 14.7. The fraction of sp³-hybridized carbons (Fsp3) is 0.417. The Bertz CT molecular complexity index is 819. The number of methoxy groups -OCH3 is 1. The van der Waals surface area contributed by atoms with Gasteiger partial charge in [-0.15, -0.1) is 0 Å². The lowest BCUT2D eigenvalue weighted by atomic mass is 10.1. The molecule has 6 heteroatoms. The number of carbonyl (C=O) groups is 2. The van der Waals surface area contributed by atoms with Crippen LogP contribution in [0.3, 0.4) is 0 Å². The maximum absolute atomic E-state index is 13.0. The fourth-order valence-electron chi connectivity index (χ4n) is 3.64. The van der Waals surface area contributed by atoms with Crippen molar-refractivity contribution in [2.24, 2.45) is 0 Å². The van der Waals surface area contributed by atoms with Crippen molar-refractivity contribution >= 4 is 11.8 Å². The summed E-state index contributed by atoms with van der Waals surface area (Å²) in [5.74, 6) is 0.680. The van der Waals surface area contributed by atoms with Gasteiger partial charge in [0.15, 0.2) is 0 Å². The van der Waals surface area contributed by atoms with Crippen LogP contribution < -0.4 is 10.1 Å². The van der Waals surface area contributed by atoms with Crippen molar-refractivity contribution in [1.29, 1.82) is 0 Å². The minimum Gasteiger partial charge on any atom is -0.496 e. The number of benzene rings is 2. The summed E-state index contributed by atoms with van der Waals surface area (Å²) in [7, 11) is 1.63. The highest BCUT2D eigenvalue weighted by molar-refractivity contribution is 5.80. The minimum atomic E-state index is -0.0793. The largest absolute Gasteiger partial charge is 0.496 e. The van der Waals surface area contributed by atoms with Crippen LogP contribution in [0.4, 0.5) is 0 Å². The smallest absolute Gasteiger partial charge is 0.224 e. The monoisotopic (exact) mass is 410 g/mol. The topological polar surface area (TPSA) is 67.9 Å². The van der Waals surface area contributed by atoms with E-state index < -0.39 is 0 Å². The molecule has 1 atom stereocenters. The highest BCUT2D eigenvalue weighted by atomic mass is 16.5. The molecule has 160 valence electrons. The number of nitrogens with zero attached hydrogens (tertiary/aromatic N) is 1. The van der Waals surface area contributed by atoms with Crippen LogP contribution in [0, 0.1) is 0 Å². The summed E-state index contributed by atoms with van der Waals surface area (Å²) >= 11 is 0. The van der Waals surface area contributed by atoms with Gasteiger partial charge in [-0.25, -0.2) is 0 Å². The van der Waals surface area contributed by atoms with Gasteiger partial charge in [-0.2, -0.15) is 0 Å². The summed E-state index contributed by atoms with van der Waals surface area (Å²) < 4.78 is 11.2. The fourth-order valence-corrected chi connectivity index (χ4v) is 3.64. The van der Waals surface area contributed by atoms with Gasteiger partial charge in [0.05, 0.1) is 19.6 Å². The van der Waals surface area contributed by atoms with Gasteiger partial charge in [-0.3, -0.25) is 9.59 Å². The van der Waals surface area contributed by atoms with E-state index >= 15 is 0 Å². The van der Waals surface area contributed by atoms with Crippen molar-refractivity contribution in [1.82, 2.24) is 10.2 Å². The lowest BCUT2D eigenvalue weighted by molar-refractivity contribution is -0.133. The molecule has 1 N–H and O–H groups in total. The molecule has 1 unspecified atom stereocenters. The molecule has 3 rings (SSSR count). The Morgan fingerprint density at radius 1 is 1.13 bits per heavy atom. The Hall–Kier alpha value is -2.86. The van der Waals surface area contributed by atoms with Gasteiger partial charge in [0.25, 0.3) is 0 Å².